The second-order valence-corrected chi connectivity index (χ2v) is 9.01. The van der Waals surface area contributed by atoms with Crippen molar-refractivity contribution in [1.82, 2.24) is 0 Å². The number of carbonyl (C=O) groups excluding carboxylic acids is 1. The number of nitro groups is 1. The van der Waals surface area contributed by atoms with Crippen molar-refractivity contribution in [1.29, 1.82) is 0 Å². The molecular weight excluding hydrogens is 340 g/mol. The van der Waals surface area contributed by atoms with Gasteiger partial charge in [0, 0.05) is 35.4 Å². The van der Waals surface area contributed by atoms with E-state index in [9.17, 15) is 23.3 Å². The molecule has 3 aliphatic rings. The van der Waals surface area contributed by atoms with Crippen molar-refractivity contribution in [2.75, 3.05) is 5.75 Å². The van der Waals surface area contributed by atoms with Crippen molar-refractivity contribution in [2.24, 2.45) is 10.9 Å². The molecule has 2 atom stereocenters. The van der Waals surface area contributed by atoms with Gasteiger partial charge in [0.25, 0.3) is 0 Å². The first-order valence-electron chi connectivity index (χ1n) is 7.18. The van der Waals surface area contributed by atoms with Crippen LogP contribution in [0.25, 0.3) is 0 Å². The maximum atomic E-state index is 12.4. The van der Waals surface area contributed by atoms with Gasteiger partial charge < -0.3 is 0 Å². The molecule has 7 nitrogen and oxygen atoms in total. The lowest BCUT2D eigenvalue weighted by atomic mass is 9.84. The molecule has 0 saturated heterocycles. The third-order valence-corrected chi connectivity index (χ3v) is 7.58. The maximum Gasteiger partial charge on any atom is 0.324 e. The Morgan fingerprint density at radius 1 is 1.22 bits per heavy atom. The normalized spacial score (nSPS) is 28.5. The van der Waals surface area contributed by atoms with E-state index in [0.717, 1.165) is 17.0 Å². The molecule has 1 aromatic heterocycles. The van der Waals surface area contributed by atoms with Crippen molar-refractivity contribution in [3.05, 3.63) is 37.7 Å². The first-order chi connectivity index (χ1) is 10.9. The Balaban J connectivity index is 1.91. The molecule has 2 unspecified atom stereocenters. The lowest BCUT2D eigenvalue weighted by molar-refractivity contribution is -0.380. The molecular formula is C14H12N2O5S2. The zero-order valence-electron chi connectivity index (χ0n) is 11.9. The van der Waals surface area contributed by atoms with E-state index in [1.165, 1.54) is 6.07 Å². The van der Waals surface area contributed by atoms with Crippen LogP contribution in [0.2, 0.25) is 0 Å². The minimum absolute atomic E-state index is 0.000669. The summed E-state index contributed by atoms with van der Waals surface area (Å²) in [6, 6.07) is 2.94. The minimum atomic E-state index is -3.46. The fourth-order valence-electron chi connectivity index (χ4n) is 3.61. The Morgan fingerprint density at radius 3 is 2.70 bits per heavy atom. The molecule has 1 aliphatic carbocycles. The Hall–Kier alpha value is -1.87. The number of fused-ring (bicyclic) bond motifs is 1. The molecule has 3 heterocycles. The van der Waals surface area contributed by atoms with E-state index in [4.69, 9.17) is 0 Å². The summed E-state index contributed by atoms with van der Waals surface area (Å²) in [6.45, 7) is 0. The van der Waals surface area contributed by atoms with Crippen molar-refractivity contribution in [3.63, 3.8) is 0 Å². The molecule has 0 radical (unpaired) electrons. The number of nitrogens with zero attached hydrogens (tertiary/aromatic N) is 2. The topological polar surface area (TPSA) is 107 Å². The number of sulfone groups is 1. The van der Waals surface area contributed by atoms with Crippen LogP contribution < -0.4 is 0 Å². The van der Waals surface area contributed by atoms with Crippen LogP contribution in [-0.2, 0) is 14.6 Å². The third-order valence-electron chi connectivity index (χ3n) is 4.55. The van der Waals surface area contributed by atoms with Gasteiger partial charge in [-0.1, -0.05) is 11.3 Å². The smallest absolute Gasteiger partial charge is 0.299 e. The summed E-state index contributed by atoms with van der Waals surface area (Å²) in [5.41, 5.74) is 1.26. The highest BCUT2D eigenvalue weighted by Gasteiger charge is 2.49. The van der Waals surface area contributed by atoms with E-state index < -0.39 is 26.6 Å². The van der Waals surface area contributed by atoms with Gasteiger partial charge in [0.2, 0.25) is 0 Å². The highest BCUT2D eigenvalue weighted by Crippen LogP contribution is 2.50. The van der Waals surface area contributed by atoms with Crippen LogP contribution in [0.1, 0.15) is 30.1 Å². The minimum Gasteiger partial charge on any atom is -0.299 e. The molecule has 9 heteroatoms. The number of thiophene rings is 1. The lowest BCUT2D eigenvalue weighted by Crippen LogP contribution is -2.29. The van der Waals surface area contributed by atoms with E-state index >= 15 is 0 Å². The zero-order chi connectivity index (χ0) is 16.4. The van der Waals surface area contributed by atoms with E-state index in [1.54, 1.807) is 6.07 Å². The monoisotopic (exact) mass is 352 g/mol. The van der Waals surface area contributed by atoms with Gasteiger partial charge in [0.05, 0.1) is 27.2 Å². The van der Waals surface area contributed by atoms with Crippen LogP contribution in [0.3, 0.4) is 0 Å². The summed E-state index contributed by atoms with van der Waals surface area (Å²) in [6.07, 6.45) is 1.25. The van der Waals surface area contributed by atoms with Crippen LogP contribution in [0.4, 0.5) is 5.00 Å². The number of rotatable bonds is 2. The number of aliphatic imine (C=N–C) groups is 1. The first kappa shape index (κ1) is 14.7. The molecule has 0 spiro atoms. The third kappa shape index (κ3) is 2.10. The Kier molecular flexibility index (Phi) is 3.08. The van der Waals surface area contributed by atoms with Crippen LogP contribution in [-0.4, -0.2) is 30.6 Å². The molecule has 0 bridgehead atoms. The van der Waals surface area contributed by atoms with E-state index in [0.29, 0.717) is 29.8 Å². The second-order valence-electron chi connectivity index (χ2n) is 5.84. The number of ketones is 1. The van der Waals surface area contributed by atoms with Gasteiger partial charge in [-0.15, -0.1) is 0 Å². The number of Topliss-reactive ketones (excluding diaryl/α,β-unsaturated/α-hetero) is 1. The predicted octanol–water partition coefficient (Wildman–Crippen LogP) is 2.20. The SMILES string of the molecule is O=C1CCC2=NC3=C(C(c4ccc([N+](=O)[O-])s4)C12)S(=O)(=O)CC3. The molecule has 0 aromatic carbocycles. The van der Waals surface area contributed by atoms with Gasteiger partial charge in [-0.25, -0.2) is 8.42 Å². The molecule has 1 aromatic rings. The molecule has 23 heavy (non-hydrogen) atoms. The van der Waals surface area contributed by atoms with Gasteiger partial charge in [-0.3, -0.25) is 19.9 Å². The van der Waals surface area contributed by atoms with Gasteiger partial charge in [0.1, 0.15) is 5.78 Å². The van der Waals surface area contributed by atoms with Crippen molar-refractivity contribution >= 4 is 37.7 Å². The summed E-state index contributed by atoms with van der Waals surface area (Å²) in [5.74, 6) is -1.25. The first-order valence-corrected chi connectivity index (χ1v) is 9.65. The van der Waals surface area contributed by atoms with Gasteiger partial charge in [-0.05, 0) is 12.5 Å². The standard InChI is InChI=1S/C14H12N2O5S2/c17-9-2-1-7-12(9)13(10-3-4-11(22-10)16(18)19)14-8(15-7)5-6-23(14,20)21/h3-4,12-13H,1-2,5-6H2. The summed E-state index contributed by atoms with van der Waals surface area (Å²) < 4.78 is 24.9. The molecule has 2 aliphatic heterocycles. The Labute approximate surface area is 135 Å². The molecule has 0 amide bonds. The molecule has 4 rings (SSSR count). The number of allylic oxidation sites excluding steroid dienone is 2. The van der Waals surface area contributed by atoms with E-state index in [2.05, 4.69) is 4.99 Å². The van der Waals surface area contributed by atoms with E-state index in [-0.39, 0.29) is 21.4 Å². The van der Waals surface area contributed by atoms with Crippen LogP contribution >= 0.6 is 11.3 Å². The number of hydrogen-bond acceptors (Lipinski definition) is 7. The van der Waals surface area contributed by atoms with Crippen LogP contribution in [0, 0.1) is 16.0 Å². The number of carbonyl (C=O) groups is 1. The van der Waals surface area contributed by atoms with Crippen molar-refractivity contribution in [3.8, 4) is 0 Å². The van der Waals surface area contributed by atoms with Crippen molar-refractivity contribution in [2.45, 2.75) is 25.2 Å². The molecule has 1 fully saturated rings. The van der Waals surface area contributed by atoms with Crippen molar-refractivity contribution < 1.29 is 18.1 Å². The Morgan fingerprint density at radius 2 is 2.00 bits per heavy atom. The summed E-state index contributed by atoms with van der Waals surface area (Å²) in [5, 5.41) is 10.9. The van der Waals surface area contributed by atoms with Gasteiger partial charge >= 0.3 is 5.00 Å². The van der Waals surface area contributed by atoms with Gasteiger partial charge in [-0.2, -0.15) is 0 Å². The van der Waals surface area contributed by atoms with Crippen LogP contribution in [0.5, 0.6) is 0 Å². The summed E-state index contributed by atoms with van der Waals surface area (Å²) in [4.78, 5) is 27.9. The fraction of sp³-hybridized carbons (Fsp3) is 0.429. The van der Waals surface area contributed by atoms with E-state index in [1.807, 2.05) is 0 Å². The summed E-state index contributed by atoms with van der Waals surface area (Å²) >= 11 is 0.943. The largest absolute Gasteiger partial charge is 0.324 e. The lowest BCUT2D eigenvalue weighted by Gasteiger charge is -2.27. The fourth-order valence-corrected chi connectivity index (χ4v) is 6.49. The highest BCUT2D eigenvalue weighted by atomic mass is 32.2. The second kappa shape index (κ2) is 4.81. The number of hydrogen-bond donors (Lipinski definition) is 0. The summed E-state index contributed by atoms with van der Waals surface area (Å²) in [7, 11) is -3.46. The highest BCUT2D eigenvalue weighted by molar-refractivity contribution is 7.95. The Bertz CT molecular complexity index is 909. The molecule has 1 saturated carbocycles. The quantitative estimate of drug-likeness (QED) is 0.599. The zero-order valence-corrected chi connectivity index (χ0v) is 13.5. The average Bonchev–Trinajstić information content (AvgIpc) is 3.17. The molecule has 0 N–H and O–H groups in total. The van der Waals surface area contributed by atoms with Crippen LogP contribution in [0.15, 0.2) is 27.7 Å². The van der Waals surface area contributed by atoms with Gasteiger partial charge in [0.15, 0.2) is 9.84 Å². The average molecular weight is 352 g/mol. The molecule has 120 valence electrons. The predicted molar refractivity (Wildman–Crippen MR) is 84.3 cm³/mol. The maximum absolute atomic E-state index is 12.4.